The van der Waals surface area contributed by atoms with Crippen LogP contribution in [-0.4, -0.2) is 35.1 Å². The average molecular weight is 268 g/mol. The standard InChI is InChI=1S/C10H15F3N2OS/c1-6(8(14)17)9(16)15-4-2-7(3-5-15)10(11,12)13/h6-7H,2-5H2,1H3,(H2,14,17). The molecule has 0 aromatic carbocycles. The quantitative estimate of drug-likeness (QED) is 0.776. The summed E-state index contributed by atoms with van der Waals surface area (Å²) < 4.78 is 37.2. The molecule has 1 fully saturated rings. The van der Waals surface area contributed by atoms with Crippen LogP contribution in [0.2, 0.25) is 0 Å². The molecule has 1 saturated heterocycles. The number of thiocarbonyl (C=S) groups is 1. The number of nitrogens with two attached hydrogens (primary N) is 1. The molecule has 98 valence electrons. The van der Waals surface area contributed by atoms with Crippen LogP contribution in [0.15, 0.2) is 0 Å². The molecule has 1 aliphatic heterocycles. The van der Waals surface area contributed by atoms with E-state index in [0.29, 0.717) is 0 Å². The highest BCUT2D eigenvalue weighted by molar-refractivity contribution is 7.80. The summed E-state index contributed by atoms with van der Waals surface area (Å²) in [5.74, 6) is -2.18. The number of likely N-dealkylation sites (tertiary alicyclic amines) is 1. The average Bonchev–Trinajstić information content (AvgIpc) is 2.26. The Kier molecular flexibility index (Phi) is 4.35. The number of amides is 1. The van der Waals surface area contributed by atoms with Crippen molar-refractivity contribution in [3.63, 3.8) is 0 Å². The van der Waals surface area contributed by atoms with Crippen molar-refractivity contribution in [2.75, 3.05) is 13.1 Å². The van der Waals surface area contributed by atoms with Crippen LogP contribution in [-0.2, 0) is 4.79 Å². The molecule has 1 aliphatic rings. The van der Waals surface area contributed by atoms with Crippen LogP contribution in [0.1, 0.15) is 19.8 Å². The zero-order chi connectivity index (χ0) is 13.2. The van der Waals surface area contributed by atoms with E-state index in [1.165, 1.54) is 4.90 Å². The number of carbonyl (C=O) groups excluding carboxylic acids is 1. The van der Waals surface area contributed by atoms with Gasteiger partial charge in [0, 0.05) is 13.1 Å². The first kappa shape index (κ1) is 14.2. The first-order valence-corrected chi connectivity index (χ1v) is 5.79. The molecule has 3 nitrogen and oxygen atoms in total. The highest BCUT2D eigenvalue weighted by atomic mass is 32.1. The molecule has 17 heavy (non-hydrogen) atoms. The summed E-state index contributed by atoms with van der Waals surface area (Å²) in [6, 6.07) is 0. The van der Waals surface area contributed by atoms with E-state index in [9.17, 15) is 18.0 Å². The normalized spacial score (nSPS) is 20.1. The van der Waals surface area contributed by atoms with Crippen LogP contribution < -0.4 is 5.73 Å². The van der Waals surface area contributed by atoms with Gasteiger partial charge >= 0.3 is 6.18 Å². The van der Waals surface area contributed by atoms with Gasteiger partial charge in [-0.3, -0.25) is 4.79 Å². The van der Waals surface area contributed by atoms with E-state index >= 15 is 0 Å². The van der Waals surface area contributed by atoms with Crippen molar-refractivity contribution < 1.29 is 18.0 Å². The van der Waals surface area contributed by atoms with Crippen LogP contribution in [0, 0.1) is 11.8 Å². The molecular formula is C10H15F3N2OS. The third-order valence-corrected chi connectivity index (χ3v) is 3.42. The second kappa shape index (κ2) is 5.20. The summed E-state index contributed by atoms with van der Waals surface area (Å²) in [6.45, 7) is 1.81. The van der Waals surface area contributed by atoms with Crippen molar-refractivity contribution in [2.24, 2.45) is 17.6 Å². The largest absolute Gasteiger partial charge is 0.393 e. The van der Waals surface area contributed by atoms with Gasteiger partial charge in [-0.25, -0.2) is 0 Å². The molecule has 1 atom stereocenters. The maximum absolute atomic E-state index is 12.4. The number of halogens is 3. The van der Waals surface area contributed by atoms with Gasteiger partial charge in [0.1, 0.15) is 0 Å². The fourth-order valence-electron chi connectivity index (χ4n) is 1.82. The zero-order valence-corrected chi connectivity index (χ0v) is 10.3. The van der Waals surface area contributed by atoms with Gasteiger partial charge in [0.15, 0.2) is 0 Å². The number of piperidine rings is 1. The molecule has 7 heteroatoms. The predicted octanol–water partition coefficient (Wildman–Crippen LogP) is 1.71. The van der Waals surface area contributed by atoms with Crippen LogP contribution in [0.25, 0.3) is 0 Å². The van der Waals surface area contributed by atoms with E-state index in [1.807, 2.05) is 0 Å². The molecule has 0 aromatic rings. The van der Waals surface area contributed by atoms with Crippen molar-refractivity contribution in [3.8, 4) is 0 Å². The number of hydrogen-bond acceptors (Lipinski definition) is 2. The maximum Gasteiger partial charge on any atom is 0.391 e. The van der Waals surface area contributed by atoms with Gasteiger partial charge in [-0.15, -0.1) is 0 Å². The minimum Gasteiger partial charge on any atom is -0.393 e. The molecule has 0 bridgehead atoms. The number of alkyl halides is 3. The third kappa shape index (κ3) is 3.55. The molecule has 2 N–H and O–H groups in total. The highest BCUT2D eigenvalue weighted by Gasteiger charge is 2.42. The van der Waals surface area contributed by atoms with Crippen LogP contribution in [0.3, 0.4) is 0 Å². The van der Waals surface area contributed by atoms with Gasteiger partial charge in [0.2, 0.25) is 5.91 Å². The number of carbonyl (C=O) groups is 1. The SMILES string of the molecule is CC(C(=O)N1CCC(C(F)(F)F)CC1)C(N)=S. The monoisotopic (exact) mass is 268 g/mol. The lowest BCUT2D eigenvalue weighted by atomic mass is 9.95. The summed E-state index contributed by atoms with van der Waals surface area (Å²) in [5, 5.41) is 0. The molecule has 0 aliphatic carbocycles. The summed E-state index contributed by atoms with van der Waals surface area (Å²) in [5.41, 5.74) is 5.34. The maximum atomic E-state index is 12.4. The fraction of sp³-hybridized carbons (Fsp3) is 0.800. The summed E-state index contributed by atoms with van der Waals surface area (Å²) in [4.78, 5) is 13.3. The second-order valence-corrected chi connectivity index (χ2v) is 4.74. The molecule has 0 radical (unpaired) electrons. The Labute approximate surface area is 103 Å². The van der Waals surface area contributed by atoms with Gasteiger partial charge in [0.05, 0.1) is 16.8 Å². The van der Waals surface area contributed by atoms with E-state index in [0.717, 1.165) is 0 Å². The van der Waals surface area contributed by atoms with Crippen molar-refractivity contribution in [1.29, 1.82) is 0 Å². The van der Waals surface area contributed by atoms with E-state index in [1.54, 1.807) is 6.92 Å². The van der Waals surface area contributed by atoms with Crippen molar-refractivity contribution in [2.45, 2.75) is 25.9 Å². The van der Waals surface area contributed by atoms with Crippen molar-refractivity contribution in [3.05, 3.63) is 0 Å². The molecule has 1 heterocycles. The van der Waals surface area contributed by atoms with Crippen molar-refractivity contribution in [1.82, 2.24) is 4.90 Å². The Balaban J connectivity index is 2.53. The Hall–Kier alpha value is -0.850. The summed E-state index contributed by atoms with van der Waals surface area (Å²) in [6.07, 6.45) is -4.25. The van der Waals surface area contributed by atoms with E-state index in [4.69, 9.17) is 18.0 Å². The zero-order valence-electron chi connectivity index (χ0n) is 9.46. The molecule has 1 unspecified atom stereocenters. The molecule has 0 spiro atoms. The summed E-state index contributed by atoms with van der Waals surface area (Å²) >= 11 is 4.70. The van der Waals surface area contributed by atoms with Gasteiger partial charge in [-0.1, -0.05) is 12.2 Å². The minimum absolute atomic E-state index is 0.0424. The van der Waals surface area contributed by atoms with Crippen LogP contribution in [0.5, 0.6) is 0 Å². The molecular weight excluding hydrogens is 253 g/mol. The van der Waals surface area contributed by atoms with Crippen molar-refractivity contribution >= 4 is 23.1 Å². The Morgan fingerprint density at radius 3 is 2.24 bits per heavy atom. The Morgan fingerprint density at radius 1 is 1.41 bits per heavy atom. The number of nitrogens with zero attached hydrogens (tertiary/aromatic N) is 1. The van der Waals surface area contributed by atoms with E-state index in [-0.39, 0.29) is 36.8 Å². The van der Waals surface area contributed by atoms with Crippen LogP contribution in [0.4, 0.5) is 13.2 Å². The second-order valence-electron chi connectivity index (χ2n) is 4.27. The molecule has 1 amide bonds. The first-order chi connectivity index (χ1) is 7.73. The minimum atomic E-state index is -4.16. The van der Waals surface area contributed by atoms with Gasteiger partial charge in [-0.2, -0.15) is 13.2 Å². The lowest BCUT2D eigenvalue weighted by Gasteiger charge is -2.34. The van der Waals surface area contributed by atoms with Gasteiger partial charge in [0.25, 0.3) is 0 Å². The summed E-state index contributed by atoms with van der Waals surface area (Å²) in [7, 11) is 0. The molecule has 1 rings (SSSR count). The number of hydrogen-bond donors (Lipinski definition) is 1. The Morgan fingerprint density at radius 2 is 1.88 bits per heavy atom. The Bertz CT molecular complexity index is 311. The highest BCUT2D eigenvalue weighted by Crippen LogP contribution is 2.34. The van der Waals surface area contributed by atoms with Gasteiger partial charge < -0.3 is 10.6 Å². The molecule has 0 saturated carbocycles. The topological polar surface area (TPSA) is 46.3 Å². The van der Waals surface area contributed by atoms with Crippen LogP contribution >= 0.6 is 12.2 Å². The molecule has 0 aromatic heterocycles. The predicted molar refractivity (Wildman–Crippen MR) is 61.3 cm³/mol. The lowest BCUT2D eigenvalue weighted by molar-refractivity contribution is -0.186. The van der Waals surface area contributed by atoms with Gasteiger partial charge in [-0.05, 0) is 19.8 Å². The van der Waals surface area contributed by atoms with E-state index < -0.39 is 18.0 Å². The van der Waals surface area contributed by atoms with E-state index in [2.05, 4.69) is 0 Å². The number of rotatable bonds is 2. The fourth-order valence-corrected chi connectivity index (χ4v) is 1.92. The first-order valence-electron chi connectivity index (χ1n) is 5.38. The lowest BCUT2D eigenvalue weighted by Crippen LogP contribution is -2.46. The third-order valence-electron chi connectivity index (χ3n) is 3.07. The smallest absolute Gasteiger partial charge is 0.391 e.